The molecule has 0 spiro atoms. The van der Waals surface area contributed by atoms with Crippen LogP contribution in [0.25, 0.3) is 0 Å². The highest BCUT2D eigenvalue weighted by atomic mass is 35.5. The van der Waals surface area contributed by atoms with Gasteiger partial charge in [0, 0.05) is 13.1 Å². The number of hydrogen-bond donors (Lipinski definition) is 2. The highest BCUT2D eigenvalue weighted by Crippen LogP contribution is 2.18. The summed E-state index contributed by atoms with van der Waals surface area (Å²) in [7, 11) is 0. The molecule has 1 fully saturated rings. The zero-order valence-electron chi connectivity index (χ0n) is 12.5. The second-order valence-corrected chi connectivity index (χ2v) is 4.73. The highest BCUT2D eigenvalue weighted by molar-refractivity contribution is 5.85. The molecular weight excluding hydrogens is 301 g/mol. The predicted molar refractivity (Wildman–Crippen MR) is 86.9 cm³/mol. The number of nitrogens with one attached hydrogen (secondary N) is 1. The van der Waals surface area contributed by atoms with Crippen LogP contribution in [0, 0.1) is 0 Å². The van der Waals surface area contributed by atoms with Gasteiger partial charge in [0.05, 0.1) is 6.10 Å². The Hall–Kier alpha value is -0.0700. The Balaban J connectivity index is 0. The van der Waals surface area contributed by atoms with E-state index in [1.807, 2.05) is 0 Å². The van der Waals surface area contributed by atoms with Gasteiger partial charge in [-0.25, -0.2) is 0 Å². The minimum absolute atomic E-state index is 0. The molecular formula is C13H29Cl2N3O2. The van der Waals surface area contributed by atoms with Crippen molar-refractivity contribution in [2.45, 2.75) is 45.3 Å². The van der Waals surface area contributed by atoms with Crippen LogP contribution < -0.4 is 11.1 Å². The van der Waals surface area contributed by atoms with Crippen LogP contribution in [0.2, 0.25) is 0 Å². The summed E-state index contributed by atoms with van der Waals surface area (Å²) < 4.78 is 5.55. The minimum atomic E-state index is -0.285. The minimum Gasteiger partial charge on any atom is -0.364 e. The van der Waals surface area contributed by atoms with Gasteiger partial charge >= 0.3 is 0 Å². The Morgan fingerprint density at radius 1 is 1.30 bits per heavy atom. The summed E-state index contributed by atoms with van der Waals surface area (Å²) in [5, 5.41) is 2.94. The average molecular weight is 330 g/mol. The second-order valence-electron chi connectivity index (χ2n) is 4.73. The first-order valence-electron chi connectivity index (χ1n) is 7.06. The maximum Gasteiger partial charge on any atom is 0.249 e. The SMILES string of the molecule is CCN(CC)CCCNC(=O)[C@@H]1CC[C@H](CN)O1.Cl.Cl. The van der Waals surface area contributed by atoms with Crippen LogP contribution >= 0.6 is 24.8 Å². The maximum absolute atomic E-state index is 11.8. The van der Waals surface area contributed by atoms with E-state index in [0.717, 1.165) is 45.4 Å². The third-order valence-electron chi connectivity index (χ3n) is 3.51. The molecule has 0 aromatic carbocycles. The van der Waals surface area contributed by atoms with Gasteiger partial charge in [-0.1, -0.05) is 13.8 Å². The van der Waals surface area contributed by atoms with Crippen molar-refractivity contribution in [3.8, 4) is 0 Å². The Labute approximate surface area is 134 Å². The van der Waals surface area contributed by atoms with Gasteiger partial charge < -0.3 is 20.7 Å². The van der Waals surface area contributed by atoms with Crippen LogP contribution in [-0.2, 0) is 9.53 Å². The lowest BCUT2D eigenvalue weighted by atomic mass is 10.2. The number of carbonyl (C=O) groups excluding carboxylic acids is 1. The van der Waals surface area contributed by atoms with E-state index < -0.39 is 0 Å². The predicted octanol–water partition coefficient (Wildman–Crippen LogP) is 1.18. The van der Waals surface area contributed by atoms with Crippen molar-refractivity contribution < 1.29 is 9.53 Å². The van der Waals surface area contributed by atoms with Crippen LogP contribution in [0.4, 0.5) is 0 Å². The molecule has 0 radical (unpaired) electrons. The molecule has 1 amide bonds. The van der Waals surface area contributed by atoms with Crippen molar-refractivity contribution in [2.24, 2.45) is 5.73 Å². The second kappa shape index (κ2) is 12.7. The topological polar surface area (TPSA) is 67.6 Å². The molecule has 0 aliphatic carbocycles. The number of carbonyl (C=O) groups is 1. The van der Waals surface area contributed by atoms with E-state index in [-0.39, 0.29) is 42.9 Å². The third kappa shape index (κ3) is 7.64. The monoisotopic (exact) mass is 329 g/mol. The van der Waals surface area contributed by atoms with Crippen LogP contribution in [0.15, 0.2) is 0 Å². The fourth-order valence-corrected chi connectivity index (χ4v) is 2.24. The van der Waals surface area contributed by atoms with E-state index in [9.17, 15) is 4.79 Å². The molecule has 2 atom stereocenters. The van der Waals surface area contributed by atoms with Gasteiger partial charge in [-0.3, -0.25) is 4.79 Å². The summed E-state index contributed by atoms with van der Waals surface area (Å²) in [5.41, 5.74) is 5.52. The molecule has 0 bridgehead atoms. The van der Waals surface area contributed by atoms with E-state index in [0.29, 0.717) is 6.54 Å². The summed E-state index contributed by atoms with van der Waals surface area (Å²) >= 11 is 0. The van der Waals surface area contributed by atoms with Crippen LogP contribution in [0.5, 0.6) is 0 Å². The van der Waals surface area contributed by atoms with Gasteiger partial charge in [0.15, 0.2) is 0 Å². The quantitative estimate of drug-likeness (QED) is 0.656. The van der Waals surface area contributed by atoms with Crippen molar-refractivity contribution in [2.75, 3.05) is 32.7 Å². The van der Waals surface area contributed by atoms with Crippen LogP contribution in [0.1, 0.15) is 33.1 Å². The number of ether oxygens (including phenoxy) is 1. The summed E-state index contributed by atoms with van der Waals surface area (Å²) in [6, 6.07) is 0. The van der Waals surface area contributed by atoms with Crippen molar-refractivity contribution in [1.29, 1.82) is 0 Å². The molecule has 1 rings (SSSR count). The van der Waals surface area contributed by atoms with E-state index >= 15 is 0 Å². The highest BCUT2D eigenvalue weighted by Gasteiger charge is 2.29. The van der Waals surface area contributed by atoms with E-state index in [1.54, 1.807) is 0 Å². The van der Waals surface area contributed by atoms with Crippen molar-refractivity contribution >= 4 is 30.7 Å². The number of nitrogens with two attached hydrogens (primary N) is 1. The lowest BCUT2D eigenvalue weighted by Gasteiger charge is -2.18. The Morgan fingerprint density at radius 2 is 1.95 bits per heavy atom. The van der Waals surface area contributed by atoms with Gasteiger partial charge in [0.1, 0.15) is 6.10 Å². The fourth-order valence-electron chi connectivity index (χ4n) is 2.24. The van der Waals surface area contributed by atoms with Crippen LogP contribution in [0.3, 0.4) is 0 Å². The summed E-state index contributed by atoms with van der Waals surface area (Å²) in [6.07, 6.45) is 2.46. The molecule has 20 heavy (non-hydrogen) atoms. The molecule has 3 N–H and O–H groups in total. The van der Waals surface area contributed by atoms with E-state index in [1.165, 1.54) is 0 Å². The largest absolute Gasteiger partial charge is 0.364 e. The van der Waals surface area contributed by atoms with Gasteiger partial charge in [-0.2, -0.15) is 0 Å². The lowest BCUT2D eigenvalue weighted by molar-refractivity contribution is -0.131. The lowest BCUT2D eigenvalue weighted by Crippen LogP contribution is -2.37. The maximum atomic E-state index is 11.8. The molecule has 0 saturated carbocycles. The Bertz CT molecular complexity index is 254. The van der Waals surface area contributed by atoms with E-state index in [2.05, 4.69) is 24.1 Å². The molecule has 0 aromatic rings. The first-order chi connectivity index (χ1) is 8.71. The first kappa shape index (κ1) is 22.2. The van der Waals surface area contributed by atoms with Gasteiger partial charge in [0.25, 0.3) is 0 Å². The summed E-state index contributed by atoms with van der Waals surface area (Å²) in [6.45, 7) is 8.70. The van der Waals surface area contributed by atoms with Crippen molar-refractivity contribution in [3.05, 3.63) is 0 Å². The Kier molecular flexibility index (Phi) is 14.1. The summed E-state index contributed by atoms with van der Waals surface area (Å²) in [4.78, 5) is 14.1. The molecule has 5 nitrogen and oxygen atoms in total. The number of amides is 1. The first-order valence-corrected chi connectivity index (χ1v) is 7.06. The van der Waals surface area contributed by atoms with Crippen molar-refractivity contribution in [3.63, 3.8) is 0 Å². The number of rotatable bonds is 8. The van der Waals surface area contributed by atoms with Gasteiger partial charge in [-0.05, 0) is 38.9 Å². The molecule has 1 aliphatic heterocycles. The molecule has 1 aliphatic rings. The zero-order chi connectivity index (χ0) is 13.4. The fraction of sp³-hybridized carbons (Fsp3) is 0.923. The smallest absolute Gasteiger partial charge is 0.249 e. The normalized spacial score (nSPS) is 21.2. The number of halogens is 2. The molecule has 1 heterocycles. The van der Waals surface area contributed by atoms with Gasteiger partial charge in [0.2, 0.25) is 5.91 Å². The van der Waals surface area contributed by atoms with Crippen molar-refractivity contribution in [1.82, 2.24) is 10.2 Å². The zero-order valence-corrected chi connectivity index (χ0v) is 14.1. The molecule has 122 valence electrons. The van der Waals surface area contributed by atoms with Gasteiger partial charge in [-0.15, -0.1) is 24.8 Å². The third-order valence-corrected chi connectivity index (χ3v) is 3.51. The molecule has 0 unspecified atom stereocenters. The van der Waals surface area contributed by atoms with E-state index in [4.69, 9.17) is 10.5 Å². The molecule has 7 heteroatoms. The molecule has 1 saturated heterocycles. The number of hydrogen-bond acceptors (Lipinski definition) is 4. The standard InChI is InChI=1S/C13H27N3O2.2ClH/c1-3-16(4-2)9-5-8-15-13(17)12-7-6-11(10-14)18-12;;/h11-12H,3-10,14H2,1-2H3,(H,15,17);2*1H/t11-,12+;;/m1../s1. The number of nitrogens with zero attached hydrogens (tertiary/aromatic N) is 1. The summed E-state index contributed by atoms with van der Waals surface area (Å²) in [5.74, 6) is 0.0190. The Morgan fingerprint density at radius 3 is 2.45 bits per heavy atom. The van der Waals surface area contributed by atoms with Crippen LogP contribution in [-0.4, -0.2) is 55.7 Å². The average Bonchev–Trinajstić information content (AvgIpc) is 2.87. The molecule has 0 aromatic heterocycles.